The molecule has 1 heterocycles. The Labute approximate surface area is 114 Å². The average molecular weight is 271 g/mol. The summed E-state index contributed by atoms with van der Waals surface area (Å²) in [7, 11) is 0. The first-order valence-corrected chi connectivity index (χ1v) is 6.90. The highest BCUT2D eigenvalue weighted by atomic mass is 16.3. The minimum Gasteiger partial charge on any atom is -0.392 e. The maximum Gasteiger partial charge on any atom is 0.239 e. The van der Waals surface area contributed by atoms with Crippen LogP contribution in [0.5, 0.6) is 0 Å². The van der Waals surface area contributed by atoms with Crippen LogP contribution in [0.25, 0.3) is 0 Å². The second-order valence-corrected chi connectivity index (χ2v) is 5.31. The van der Waals surface area contributed by atoms with E-state index < -0.39 is 0 Å². The summed E-state index contributed by atoms with van der Waals surface area (Å²) in [5, 5.41) is 12.2. The fourth-order valence-electron chi connectivity index (χ4n) is 2.16. The van der Waals surface area contributed by atoms with E-state index in [-0.39, 0.29) is 37.0 Å². The van der Waals surface area contributed by atoms with Crippen molar-refractivity contribution in [2.75, 3.05) is 32.7 Å². The third kappa shape index (κ3) is 5.57. The van der Waals surface area contributed by atoms with E-state index in [2.05, 4.69) is 5.32 Å². The number of hydrogen-bond acceptors (Lipinski definition) is 4. The van der Waals surface area contributed by atoms with Crippen LogP contribution in [0.4, 0.5) is 0 Å². The van der Waals surface area contributed by atoms with E-state index in [9.17, 15) is 14.7 Å². The first-order valence-electron chi connectivity index (χ1n) is 6.90. The molecule has 0 bridgehead atoms. The number of β-amino-alcohol motifs (C(OH)–C–C–N with tert-alkyl or cyclic N) is 1. The van der Waals surface area contributed by atoms with Gasteiger partial charge < -0.3 is 15.3 Å². The van der Waals surface area contributed by atoms with E-state index in [1.165, 1.54) is 0 Å². The normalized spacial score (nSPS) is 19.7. The highest BCUT2D eigenvalue weighted by molar-refractivity contribution is 5.85. The summed E-state index contributed by atoms with van der Waals surface area (Å²) in [5.41, 5.74) is 0. The SMILES string of the molecule is CCN(CC(=O)NC(C)C)C(=O)CN1CC[C@@H](O)C1. The van der Waals surface area contributed by atoms with Gasteiger partial charge in [0.1, 0.15) is 0 Å². The van der Waals surface area contributed by atoms with E-state index in [4.69, 9.17) is 0 Å². The largest absolute Gasteiger partial charge is 0.392 e. The number of hydrogen-bond donors (Lipinski definition) is 2. The fourth-order valence-corrected chi connectivity index (χ4v) is 2.16. The van der Waals surface area contributed by atoms with Gasteiger partial charge in [0, 0.05) is 25.7 Å². The van der Waals surface area contributed by atoms with Gasteiger partial charge in [-0.15, -0.1) is 0 Å². The lowest BCUT2D eigenvalue weighted by Gasteiger charge is -2.24. The van der Waals surface area contributed by atoms with Crippen molar-refractivity contribution in [2.24, 2.45) is 0 Å². The molecule has 6 heteroatoms. The van der Waals surface area contributed by atoms with Crippen molar-refractivity contribution in [3.05, 3.63) is 0 Å². The Hall–Kier alpha value is -1.14. The minimum atomic E-state index is -0.327. The Balaban J connectivity index is 2.40. The van der Waals surface area contributed by atoms with Crippen LogP contribution in [0.3, 0.4) is 0 Å². The molecule has 0 aliphatic carbocycles. The molecule has 0 saturated carbocycles. The standard InChI is InChI=1S/C13H25N3O3/c1-4-16(8-12(18)14-10(2)3)13(19)9-15-6-5-11(17)7-15/h10-11,17H,4-9H2,1-3H3,(H,14,18)/t11-/m1/s1. The van der Waals surface area contributed by atoms with Gasteiger partial charge in [0.2, 0.25) is 11.8 Å². The van der Waals surface area contributed by atoms with Gasteiger partial charge in [-0.25, -0.2) is 0 Å². The van der Waals surface area contributed by atoms with Crippen molar-refractivity contribution in [2.45, 2.75) is 39.3 Å². The zero-order chi connectivity index (χ0) is 14.4. The molecular weight excluding hydrogens is 246 g/mol. The van der Waals surface area contributed by atoms with Gasteiger partial charge in [-0.2, -0.15) is 0 Å². The predicted octanol–water partition coefficient (Wildman–Crippen LogP) is -0.574. The fraction of sp³-hybridized carbons (Fsp3) is 0.846. The second kappa shape index (κ2) is 7.45. The van der Waals surface area contributed by atoms with Crippen molar-refractivity contribution in [1.82, 2.24) is 15.1 Å². The summed E-state index contributed by atoms with van der Waals surface area (Å²) in [4.78, 5) is 27.2. The van der Waals surface area contributed by atoms with Crippen LogP contribution in [0.2, 0.25) is 0 Å². The second-order valence-electron chi connectivity index (χ2n) is 5.31. The molecule has 0 aromatic heterocycles. The summed E-state index contributed by atoms with van der Waals surface area (Å²) >= 11 is 0. The Morgan fingerprint density at radius 3 is 2.63 bits per heavy atom. The van der Waals surface area contributed by atoms with Crippen molar-refractivity contribution < 1.29 is 14.7 Å². The van der Waals surface area contributed by atoms with Gasteiger partial charge in [-0.3, -0.25) is 14.5 Å². The molecule has 1 saturated heterocycles. The topological polar surface area (TPSA) is 72.9 Å². The summed E-state index contributed by atoms with van der Waals surface area (Å²) in [5.74, 6) is -0.192. The maximum atomic E-state index is 12.1. The molecule has 6 nitrogen and oxygen atoms in total. The molecule has 19 heavy (non-hydrogen) atoms. The number of nitrogens with one attached hydrogen (secondary N) is 1. The van der Waals surface area contributed by atoms with E-state index in [1.807, 2.05) is 25.7 Å². The Bertz CT molecular complexity index is 320. The number of rotatable bonds is 6. The number of nitrogens with zero attached hydrogens (tertiary/aromatic N) is 2. The van der Waals surface area contributed by atoms with Gasteiger partial charge in [-0.05, 0) is 27.2 Å². The molecule has 0 radical (unpaired) electrons. The van der Waals surface area contributed by atoms with Crippen molar-refractivity contribution >= 4 is 11.8 Å². The van der Waals surface area contributed by atoms with Gasteiger partial charge >= 0.3 is 0 Å². The molecule has 1 atom stereocenters. The Morgan fingerprint density at radius 1 is 1.47 bits per heavy atom. The van der Waals surface area contributed by atoms with Crippen LogP contribution in [-0.4, -0.2) is 71.6 Å². The average Bonchev–Trinajstić information content (AvgIpc) is 2.70. The monoisotopic (exact) mass is 271 g/mol. The number of aliphatic hydroxyl groups is 1. The van der Waals surface area contributed by atoms with E-state index in [0.717, 1.165) is 6.54 Å². The van der Waals surface area contributed by atoms with Crippen LogP contribution in [0, 0.1) is 0 Å². The summed E-state index contributed by atoms with van der Waals surface area (Å²) in [6, 6.07) is 0.0787. The summed E-state index contributed by atoms with van der Waals surface area (Å²) in [6.07, 6.45) is 0.389. The third-order valence-corrected chi connectivity index (χ3v) is 3.12. The van der Waals surface area contributed by atoms with Crippen molar-refractivity contribution in [3.63, 3.8) is 0 Å². The smallest absolute Gasteiger partial charge is 0.239 e. The predicted molar refractivity (Wildman–Crippen MR) is 72.6 cm³/mol. The minimum absolute atomic E-state index is 0.0597. The molecule has 2 amide bonds. The number of amides is 2. The number of likely N-dealkylation sites (tertiary alicyclic amines) is 1. The first-order chi connectivity index (χ1) is 8.92. The van der Waals surface area contributed by atoms with Gasteiger partial charge in [0.25, 0.3) is 0 Å². The van der Waals surface area contributed by atoms with Gasteiger partial charge in [0.15, 0.2) is 0 Å². The maximum absolute atomic E-state index is 12.1. The van der Waals surface area contributed by atoms with E-state index in [0.29, 0.717) is 19.5 Å². The van der Waals surface area contributed by atoms with E-state index >= 15 is 0 Å². The lowest BCUT2D eigenvalue weighted by atomic mass is 10.3. The van der Waals surface area contributed by atoms with Crippen molar-refractivity contribution in [1.29, 1.82) is 0 Å². The Kier molecular flexibility index (Phi) is 6.24. The van der Waals surface area contributed by atoms with E-state index in [1.54, 1.807) is 4.90 Å². The molecular formula is C13H25N3O3. The van der Waals surface area contributed by atoms with Crippen LogP contribution < -0.4 is 5.32 Å². The summed E-state index contributed by atoms with van der Waals surface area (Å²) in [6.45, 7) is 7.82. The van der Waals surface area contributed by atoms with Crippen molar-refractivity contribution in [3.8, 4) is 0 Å². The molecule has 110 valence electrons. The molecule has 2 N–H and O–H groups in total. The zero-order valence-electron chi connectivity index (χ0n) is 12.1. The van der Waals surface area contributed by atoms with Gasteiger partial charge in [0.05, 0.1) is 19.2 Å². The lowest BCUT2D eigenvalue weighted by Crippen LogP contribution is -2.46. The molecule has 0 spiro atoms. The highest BCUT2D eigenvalue weighted by Gasteiger charge is 2.24. The van der Waals surface area contributed by atoms with Crippen LogP contribution >= 0.6 is 0 Å². The third-order valence-electron chi connectivity index (χ3n) is 3.12. The number of likely N-dealkylation sites (N-methyl/N-ethyl adjacent to an activating group) is 1. The zero-order valence-corrected chi connectivity index (χ0v) is 12.1. The molecule has 0 aromatic carbocycles. The highest BCUT2D eigenvalue weighted by Crippen LogP contribution is 2.08. The lowest BCUT2D eigenvalue weighted by molar-refractivity contribution is -0.136. The molecule has 1 fully saturated rings. The van der Waals surface area contributed by atoms with Crippen LogP contribution in [0.15, 0.2) is 0 Å². The van der Waals surface area contributed by atoms with Gasteiger partial charge in [-0.1, -0.05) is 0 Å². The number of carbonyl (C=O) groups is 2. The number of aliphatic hydroxyl groups excluding tert-OH is 1. The Morgan fingerprint density at radius 2 is 2.16 bits per heavy atom. The molecule has 1 rings (SSSR count). The van der Waals surface area contributed by atoms with Crippen LogP contribution in [0.1, 0.15) is 27.2 Å². The quantitative estimate of drug-likeness (QED) is 0.678. The molecule has 1 aliphatic rings. The number of carbonyl (C=O) groups excluding carboxylic acids is 2. The summed E-state index contributed by atoms with van der Waals surface area (Å²) < 4.78 is 0. The van der Waals surface area contributed by atoms with Crippen LogP contribution in [-0.2, 0) is 9.59 Å². The first kappa shape index (κ1) is 15.9. The molecule has 0 aromatic rings. The molecule has 1 aliphatic heterocycles. The molecule has 0 unspecified atom stereocenters.